The van der Waals surface area contributed by atoms with E-state index in [0.29, 0.717) is 18.7 Å². The van der Waals surface area contributed by atoms with E-state index < -0.39 is 11.5 Å². The van der Waals surface area contributed by atoms with Gasteiger partial charge in [0, 0.05) is 19.2 Å². The van der Waals surface area contributed by atoms with E-state index in [2.05, 4.69) is 4.98 Å². The molecular weight excluding hydrogens is 236 g/mol. The van der Waals surface area contributed by atoms with E-state index in [1.54, 1.807) is 13.0 Å². The van der Waals surface area contributed by atoms with Crippen LogP contribution in [-0.2, 0) is 15.9 Å². The lowest BCUT2D eigenvalue weighted by Crippen LogP contribution is -2.19. The van der Waals surface area contributed by atoms with Crippen molar-refractivity contribution in [1.29, 1.82) is 5.26 Å². The number of hydrogen-bond donors (Lipinski definition) is 1. The average Bonchev–Trinajstić information content (AvgIpc) is 2.36. The lowest BCUT2D eigenvalue weighted by atomic mass is 10.1. The van der Waals surface area contributed by atoms with Gasteiger partial charge in [-0.1, -0.05) is 0 Å². The molecule has 0 amide bonds. The summed E-state index contributed by atoms with van der Waals surface area (Å²) in [5.41, 5.74) is -0.0137. The van der Waals surface area contributed by atoms with Crippen molar-refractivity contribution in [1.82, 2.24) is 4.98 Å². The number of rotatable bonds is 5. The van der Waals surface area contributed by atoms with Gasteiger partial charge in [0.15, 0.2) is 0 Å². The lowest BCUT2D eigenvalue weighted by molar-refractivity contribution is 0.0524. The second-order valence-electron chi connectivity index (χ2n) is 3.48. The van der Waals surface area contributed by atoms with Crippen LogP contribution < -0.4 is 5.56 Å². The zero-order chi connectivity index (χ0) is 13.5. The molecule has 0 fully saturated rings. The largest absolute Gasteiger partial charge is 0.462 e. The van der Waals surface area contributed by atoms with Crippen LogP contribution >= 0.6 is 0 Å². The standard InChI is InChI=1S/C12H14N2O4/c1-3-18-12(16)9-6-8(7-13)11(15)14-10(9)4-5-17-2/h6H,3-5H2,1-2H3,(H,14,15). The highest BCUT2D eigenvalue weighted by molar-refractivity contribution is 5.91. The number of methoxy groups -OCH3 is 1. The van der Waals surface area contributed by atoms with Crippen LogP contribution in [0.15, 0.2) is 10.9 Å². The van der Waals surface area contributed by atoms with Crippen molar-refractivity contribution < 1.29 is 14.3 Å². The second-order valence-corrected chi connectivity index (χ2v) is 3.48. The van der Waals surface area contributed by atoms with Crippen LogP contribution in [0.4, 0.5) is 0 Å². The zero-order valence-corrected chi connectivity index (χ0v) is 10.3. The number of hydrogen-bond acceptors (Lipinski definition) is 5. The molecule has 6 heteroatoms. The number of nitriles is 1. The van der Waals surface area contributed by atoms with Crippen LogP contribution in [0.1, 0.15) is 28.5 Å². The number of carbonyl (C=O) groups excluding carboxylic acids is 1. The first-order chi connectivity index (χ1) is 8.63. The first-order valence-corrected chi connectivity index (χ1v) is 5.46. The monoisotopic (exact) mass is 250 g/mol. The molecule has 0 bridgehead atoms. The topological polar surface area (TPSA) is 92.2 Å². The van der Waals surface area contributed by atoms with Gasteiger partial charge in [0.05, 0.1) is 18.8 Å². The molecule has 0 aliphatic heterocycles. The van der Waals surface area contributed by atoms with E-state index in [4.69, 9.17) is 14.7 Å². The Morgan fingerprint density at radius 2 is 2.28 bits per heavy atom. The molecule has 0 saturated heterocycles. The maximum atomic E-state index is 11.7. The summed E-state index contributed by atoms with van der Waals surface area (Å²) in [5.74, 6) is -0.559. The minimum Gasteiger partial charge on any atom is -0.462 e. The molecule has 1 aromatic rings. The summed E-state index contributed by atoms with van der Waals surface area (Å²) in [4.78, 5) is 25.7. The van der Waals surface area contributed by atoms with Crippen molar-refractivity contribution in [3.05, 3.63) is 33.2 Å². The Labute approximate surface area is 104 Å². The fourth-order valence-electron chi connectivity index (χ4n) is 1.44. The van der Waals surface area contributed by atoms with Gasteiger partial charge in [-0.15, -0.1) is 0 Å². The number of H-pyrrole nitrogens is 1. The van der Waals surface area contributed by atoms with Gasteiger partial charge in [-0.3, -0.25) is 4.79 Å². The van der Waals surface area contributed by atoms with Gasteiger partial charge < -0.3 is 14.5 Å². The van der Waals surface area contributed by atoms with E-state index in [1.807, 2.05) is 0 Å². The molecule has 0 aliphatic carbocycles. The van der Waals surface area contributed by atoms with E-state index in [-0.39, 0.29) is 17.7 Å². The third kappa shape index (κ3) is 3.18. The Kier molecular flexibility index (Phi) is 5.08. The van der Waals surface area contributed by atoms with Gasteiger partial charge in [-0.05, 0) is 13.0 Å². The molecular formula is C12H14N2O4. The Balaban J connectivity index is 3.22. The predicted octanol–water partition coefficient (Wildman–Crippen LogP) is 0.612. The van der Waals surface area contributed by atoms with Crippen molar-refractivity contribution in [2.24, 2.45) is 0 Å². The third-order valence-electron chi connectivity index (χ3n) is 2.29. The number of aromatic amines is 1. The van der Waals surface area contributed by atoms with Crippen LogP contribution in [0.5, 0.6) is 0 Å². The third-order valence-corrected chi connectivity index (χ3v) is 2.29. The molecule has 1 aromatic heterocycles. The van der Waals surface area contributed by atoms with Crippen molar-refractivity contribution in [3.8, 4) is 6.07 Å². The molecule has 0 aromatic carbocycles. The van der Waals surface area contributed by atoms with Gasteiger partial charge in [0.25, 0.3) is 5.56 Å². The Morgan fingerprint density at radius 3 is 2.83 bits per heavy atom. The Hall–Kier alpha value is -2.13. The summed E-state index contributed by atoms with van der Waals surface area (Å²) in [7, 11) is 1.52. The van der Waals surface area contributed by atoms with Crippen LogP contribution in [0.25, 0.3) is 0 Å². The molecule has 1 heterocycles. The molecule has 0 aliphatic rings. The number of nitrogens with zero attached hydrogens (tertiary/aromatic N) is 1. The van der Waals surface area contributed by atoms with Gasteiger partial charge in [0.2, 0.25) is 0 Å². The SMILES string of the molecule is CCOC(=O)c1cc(C#N)c(=O)[nH]c1CCOC. The highest BCUT2D eigenvalue weighted by Crippen LogP contribution is 2.09. The molecule has 1 N–H and O–H groups in total. The molecule has 0 radical (unpaired) electrons. The summed E-state index contributed by atoms with van der Waals surface area (Å²) in [6, 6.07) is 2.98. The molecule has 0 atom stereocenters. The Bertz CT molecular complexity index is 528. The first kappa shape index (κ1) is 13.9. The van der Waals surface area contributed by atoms with Gasteiger partial charge in [0.1, 0.15) is 11.6 Å². The molecule has 0 spiro atoms. The molecule has 18 heavy (non-hydrogen) atoms. The molecule has 0 unspecified atom stereocenters. The molecule has 1 rings (SSSR count). The Morgan fingerprint density at radius 1 is 1.56 bits per heavy atom. The first-order valence-electron chi connectivity index (χ1n) is 5.46. The van der Waals surface area contributed by atoms with E-state index in [1.165, 1.54) is 13.2 Å². The van der Waals surface area contributed by atoms with Crippen molar-refractivity contribution >= 4 is 5.97 Å². The fraction of sp³-hybridized carbons (Fsp3) is 0.417. The maximum absolute atomic E-state index is 11.7. The maximum Gasteiger partial charge on any atom is 0.339 e. The van der Waals surface area contributed by atoms with Crippen molar-refractivity contribution in [2.75, 3.05) is 20.3 Å². The summed E-state index contributed by atoms with van der Waals surface area (Å²) >= 11 is 0. The van der Waals surface area contributed by atoms with Crippen molar-refractivity contribution in [2.45, 2.75) is 13.3 Å². The summed E-state index contributed by atoms with van der Waals surface area (Å²) < 4.78 is 9.77. The minimum absolute atomic E-state index is 0.112. The number of aromatic nitrogens is 1. The number of esters is 1. The molecule has 96 valence electrons. The fourth-order valence-corrected chi connectivity index (χ4v) is 1.44. The van der Waals surface area contributed by atoms with E-state index >= 15 is 0 Å². The van der Waals surface area contributed by atoms with Gasteiger partial charge in [-0.2, -0.15) is 5.26 Å². The minimum atomic E-state index is -0.559. The average molecular weight is 250 g/mol. The van der Waals surface area contributed by atoms with Gasteiger partial charge >= 0.3 is 5.97 Å². The predicted molar refractivity (Wildman–Crippen MR) is 63.3 cm³/mol. The number of nitrogens with one attached hydrogen (secondary N) is 1. The number of ether oxygens (including phenoxy) is 2. The van der Waals surface area contributed by atoms with Crippen LogP contribution in [-0.4, -0.2) is 31.3 Å². The highest BCUT2D eigenvalue weighted by Gasteiger charge is 2.16. The normalized spacial score (nSPS) is 9.83. The highest BCUT2D eigenvalue weighted by atomic mass is 16.5. The quantitative estimate of drug-likeness (QED) is 0.773. The van der Waals surface area contributed by atoms with Crippen LogP contribution in [0, 0.1) is 11.3 Å². The van der Waals surface area contributed by atoms with E-state index in [9.17, 15) is 9.59 Å². The van der Waals surface area contributed by atoms with E-state index in [0.717, 1.165) is 0 Å². The smallest absolute Gasteiger partial charge is 0.339 e. The summed E-state index contributed by atoms with van der Waals surface area (Å²) in [6.07, 6.45) is 0.367. The molecule has 6 nitrogen and oxygen atoms in total. The summed E-state index contributed by atoms with van der Waals surface area (Å²) in [5, 5.41) is 8.77. The number of carbonyl (C=O) groups is 1. The van der Waals surface area contributed by atoms with Crippen LogP contribution in [0.3, 0.4) is 0 Å². The number of pyridine rings is 1. The molecule has 0 saturated carbocycles. The summed E-state index contributed by atoms with van der Waals surface area (Å²) in [6.45, 7) is 2.27. The van der Waals surface area contributed by atoms with Crippen molar-refractivity contribution in [3.63, 3.8) is 0 Å². The lowest BCUT2D eigenvalue weighted by Gasteiger charge is -2.08. The van der Waals surface area contributed by atoms with Crippen LogP contribution in [0.2, 0.25) is 0 Å². The van der Waals surface area contributed by atoms with Gasteiger partial charge in [-0.25, -0.2) is 4.79 Å². The second kappa shape index (κ2) is 6.57. The zero-order valence-electron chi connectivity index (χ0n) is 10.3.